The maximum absolute atomic E-state index is 12.8. The summed E-state index contributed by atoms with van der Waals surface area (Å²) in [5.41, 5.74) is 6.03. The highest BCUT2D eigenvalue weighted by Crippen LogP contribution is 2.39. The Balaban J connectivity index is 2.50. The van der Waals surface area contributed by atoms with Gasteiger partial charge in [0.1, 0.15) is 11.1 Å². The van der Waals surface area contributed by atoms with E-state index in [4.69, 9.17) is 17.3 Å². The molecule has 0 atom stereocenters. The minimum absolute atomic E-state index is 0.0386. The zero-order valence-electron chi connectivity index (χ0n) is 8.66. The molecule has 1 fully saturated rings. The minimum Gasteiger partial charge on any atom is -0.398 e. The van der Waals surface area contributed by atoms with Crippen LogP contribution in [0.15, 0.2) is 17.0 Å². The van der Waals surface area contributed by atoms with Gasteiger partial charge in [-0.05, 0) is 47.6 Å². The molecule has 0 aromatic heterocycles. The molecule has 0 amide bonds. The highest BCUT2D eigenvalue weighted by atomic mass is 127. The van der Waals surface area contributed by atoms with Crippen molar-refractivity contribution >= 4 is 49.7 Å². The lowest BCUT2D eigenvalue weighted by molar-refractivity contribution is 0.213. The number of hydrogen-bond acceptors (Lipinski definition) is 3. The van der Waals surface area contributed by atoms with E-state index in [0.717, 1.165) is 0 Å². The number of benzene rings is 1. The Morgan fingerprint density at radius 2 is 2.00 bits per heavy atom. The highest BCUT2D eigenvalue weighted by Gasteiger charge is 2.41. The Kier molecular flexibility index (Phi) is 3.57. The van der Waals surface area contributed by atoms with Gasteiger partial charge in [0.15, 0.2) is 9.84 Å². The standard InChI is InChI=1S/C10H10ClFINO2S/c11-7-1-2-8(14)9(13)10(7)17(15,16)6-3-5(12)4-6/h1-2,5-6H,3-4,14H2. The van der Waals surface area contributed by atoms with Crippen molar-refractivity contribution in [2.24, 2.45) is 0 Å². The van der Waals surface area contributed by atoms with E-state index in [1.165, 1.54) is 6.07 Å². The summed E-state index contributed by atoms with van der Waals surface area (Å²) in [5.74, 6) is 0. The van der Waals surface area contributed by atoms with Crippen molar-refractivity contribution in [2.45, 2.75) is 29.2 Å². The number of hydrogen-bond donors (Lipinski definition) is 1. The molecular formula is C10H10ClFINO2S. The number of halogens is 3. The number of nitrogens with two attached hydrogens (primary N) is 1. The molecule has 0 saturated heterocycles. The molecule has 1 aliphatic carbocycles. The minimum atomic E-state index is -3.58. The second-order valence-corrected chi connectivity index (χ2v) is 7.67. The van der Waals surface area contributed by atoms with Crippen molar-refractivity contribution in [3.05, 3.63) is 20.7 Å². The summed E-state index contributed by atoms with van der Waals surface area (Å²) in [5, 5.41) is -0.531. The van der Waals surface area contributed by atoms with Gasteiger partial charge < -0.3 is 5.73 Å². The molecule has 1 aliphatic rings. The van der Waals surface area contributed by atoms with Crippen LogP contribution in [-0.2, 0) is 9.84 Å². The van der Waals surface area contributed by atoms with Gasteiger partial charge >= 0.3 is 0 Å². The van der Waals surface area contributed by atoms with E-state index in [1.807, 2.05) is 22.6 Å². The summed E-state index contributed by atoms with van der Waals surface area (Å²) in [6, 6.07) is 3.01. The molecule has 0 aliphatic heterocycles. The molecular weight excluding hydrogens is 380 g/mol. The Bertz CT molecular complexity index is 558. The number of rotatable bonds is 2. The fraction of sp³-hybridized carbons (Fsp3) is 0.400. The third kappa shape index (κ3) is 2.26. The van der Waals surface area contributed by atoms with Crippen LogP contribution in [-0.4, -0.2) is 19.8 Å². The lowest BCUT2D eigenvalue weighted by Gasteiger charge is -2.29. The number of nitrogen functional groups attached to an aromatic ring is 1. The monoisotopic (exact) mass is 389 g/mol. The normalized spacial score (nSPS) is 24.4. The lowest BCUT2D eigenvalue weighted by atomic mass is 9.97. The number of alkyl halides is 1. The predicted octanol–water partition coefficient (Wildman–Crippen LogP) is 2.80. The topological polar surface area (TPSA) is 60.2 Å². The highest BCUT2D eigenvalue weighted by molar-refractivity contribution is 14.1. The summed E-state index contributed by atoms with van der Waals surface area (Å²) in [6.45, 7) is 0. The predicted molar refractivity (Wildman–Crippen MR) is 73.7 cm³/mol. The van der Waals surface area contributed by atoms with E-state index in [-0.39, 0.29) is 22.8 Å². The molecule has 1 aromatic rings. The van der Waals surface area contributed by atoms with Crippen LogP contribution in [0.25, 0.3) is 0 Å². The first-order chi connectivity index (χ1) is 7.84. The smallest absolute Gasteiger partial charge is 0.184 e. The summed E-state index contributed by atoms with van der Waals surface area (Å²) in [4.78, 5) is 0.0386. The van der Waals surface area contributed by atoms with Crippen molar-refractivity contribution in [3.63, 3.8) is 0 Å². The van der Waals surface area contributed by atoms with E-state index in [1.54, 1.807) is 6.07 Å². The Hall–Kier alpha value is -0.0800. The number of sulfone groups is 1. The van der Waals surface area contributed by atoms with E-state index in [2.05, 4.69) is 0 Å². The first-order valence-electron chi connectivity index (χ1n) is 4.95. The molecule has 2 N–H and O–H groups in total. The molecule has 0 radical (unpaired) electrons. The Morgan fingerprint density at radius 3 is 2.53 bits per heavy atom. The van der Waals surface area contributed by atoms with Gasteiger partial charge in [0.05, 0.1) is 13.8 Å². The van der Waals surface area contributed by atoms with Crippen molar-refractivity contribution in [3.8, 4) is 0 Å². The van der Waals surface area contributed by atoms with Crippen LogP contribution in [0.3, 0.4) is 0 Å². The van der Waals surface area contributed by atoms with Gasteiger partial charge in [-0.3, -0.25) is 0 Å². The van der Waals surface area contributed by atoms with Crippen LogP contribution < -0.4 is 5.73 Å². The fourth-order valence-electron chi connectivity index (χ4n) is 1.73. The Labute approximate surface area is 118 Å². The largest absolute Gasteiger partial charge is 0.398 e. The number of anilines is 1. The molecule has 0 bridgehead atoms. The second kappa shape index (κ2) is 4.55. The molecule has 2 rings (SSSR count). The van der Waals surface area contributed by atoms with Crippen LogP contribution in [0.4, 0.5) is 10.1 Å². The van der Waals surface area contributed by atoms with Crippen molar-refractivity contribution in [1.29, 1.82) is 0 Å². The molecule has 1 aromatic carbocycles. The Morgan fingerprint density at radius 1 is 1.41 bits per heavy atom. The zero-order chi connectivity index (χ0) is 12.8. The molecule has 17 heavy (non-hydrogen) atoms. The molecule has 94 valence electrons. The van der Waals surface area contributed by atoms with E-state index >= 15 is 0 Å². The molecule has 3 nitrogen and oxygen atoms in total. The van der Waals surface area contributed by atoms with Crippen LogP contribution in [0, 0.1) is 3.57 Å². The zero-order valence-corrected chi connectivity index (χ0v) is 12.4. The van der Waals surface area contributed by atoms with E-state index < -0.39 is 21.3 Å². The van der Waals surface area contributed by atoms with Crippen LogP contribution in [0.2, 0.25) is 5.02 Å². The summed E-state index contributed by atoms with van der Waals surface area (Å²) < 4.78 is 37.7. The maximum atomic E-state index is 12.8. The van der Waals surface area contributed by atoms with Gasteiger partial charge in [0, 0.05) is 5.69 Å². The van der Waals surface area contributed by atoms with Gasteiger partial charge in [-0.2, -0.15) is 0 Å². The first kappa shape index (κ1) is 13.4. The lowest BCUT2D eigenvalue weighted by Crippen LogP contribution is -2.37. The van der Waals surface area contributed by atoms with Crippen LogP contribution in [0.1, 0.15) is 12.8 Å². The average Bonchev–Trinajstić information content (AvgIpc) is 2.19. The molecule has 1 saturated carbocycles. The van der Waals surface area contributed by atoms with E-state index in [0.29, 0.717) is 9.26 Å². The first-order valence-corrected chi connectivity index (χ1v) is 7.95. The SMILES string of the molecule is Nc1ccc(Cl)c(S(=O)(=O)C2CC(F)C2)c1I. The van der Waals surface area contributed by atoms with Crippen molar-refractivity contribution in [2.75, 3.05) is 5.73 Å². The summed E-state index contributed by atoms with van der Waals surface area (Å²) >= 11 is 7.77. The van der Waals surface area contributed by atoms with Gasteiger partial charge in [-0.15, -0.1) is 0 Å². The molecule has 0 unspecified atom stereocenters. The van der Waals surface area contributed by atoms with Gasteiger partial charge in [0.2, 0.25) is 0 Å². The fourth-order valence-corrected chi connectivity index (χ4v) is 5.73. The third-order valence-corrected chi connectivity index (χ3v) is 7.05. The van der Waals surface area contributed by atoms with Gasteiger partial charge in [-0.1, -0.05) is 11.6 Å². The summed E-state index contributed by atoms with van der Waals surface area (Å²) in [7, 11) is -3.58. The van der Waals surface area contributed by atoms with Crippen LogP contribution in [0.5, 0.6) is 0 Å². The average molecular weight is 390 g/mol. The second-order valence-electron chi connectivity index (χ2n) is 4.02. The van der Waals surface area contributed by atoms with Gasteiger partial charge in [-0.25, -0.2) is 12.8 Å². The van der Waals surface area contributed by atoms with Crippen molar-refractivity contribution < 1.29 is 12.8 Å². The quantitative estimate of drug-likeness (QED) is 0.625. The van der Waals surface area contributed by atoms with Gasteiger partial charge in [0.25, 0.3) is 0 Å². The summed E-state index contributed by atoms with van der Waals surface area (Å²) in [6.07, 6.45) is -0.931. The molecule has 0 spiro atoms. The third-order valence-electron chi connectivity index (χ3n) is 2.84. The van der Waals surface area contributed by atoms with Crippen LogP contribution >= 0.6 is 34.2 Å². The maximum Gasteiger partial charge on any atom is 0.184 e. The van der Waals surface area contributed by atoms with Crippen molar-refractivity contribution in [1.82, 2.24) is 0 Å². The van der Waals surface area contributed by atoms with E-state index in [9.17, 15) is 12.8 Å². The molecule has 0 heterocycles. The molecule has 7 heteroatoms.